The maximum Gasteiger partial charge on any atom is 0.270 e. The molecule has 0 aliphatic heterocycles. The summed E-state index contributed by atoms with van der Waals surface area (Å²) in [5.74, 6) is -0.160. The SMILES string of the molecule is CCn1ncc(Br)c1C(=O)NCCCn1nc(C)c(Cl)c1Cl. The highest BCUT2D eigenvalue weighted by Crippen LogP contribution is 2.24. The smallest absolute Gasteiger partial charge is 0.270 e. The molecule has 22 heavy (non-hydrogen) atoms. The van der Waals surface area contributed by atoms with Gasteiger partial charge in [0, 0.05) is 19.6 Å². The van der Waals surface area contributed by atoms with E-state index in [0.717, 1.165) is 0 Å². The zero-order valence-corrected chi connectivity index (χ0v) is 15.3. The molecule has 0 saturated carbocycles. The molecule has 0 saturated heterocycles. The van der Waals surface area contributed by atoms with Crippen molar-refractivity contribution in [2.24, 2.45) is 0 Å². The first-order valence-electron chi connectivity index (χ1n) is 6.83. The lowest BCUT2D eigenvalue weighted by molar-refractivity contribution is 0.0941. The van der Waals surface area contributed by atoms with E-state index < -0.39 is 0 Å². The van der Waals surface area contributed by atoms with E-state index >= 15 is 0 Å². The normalized spacial score (nSPS) is 11.0. The molecule has 1 amide bonds. The third kappa shape index (κ3) is 3.64. The molecule has 120 valence electrons. The zero-order valence-electron chi connectivity index (χ0n) is 12.2. The predicted molar refractivity (Wildman–Crippen MR) is 89.5 cm³/mol. The molecule has 0 unspecified atom stereocenters. The lowest BCUT2D eigenvalue weighted by Gasteiger charge is -2.08. The second kappa shape index (κ2) is 7.48. The van der Waals surface area contributed by atoms with Gasteiger partial charge in [0.25, 0.3) is 5.91 Å². The largest absolute Gasteiger partial charge is 0.351 e. The number of carbonyl (C=O) groups is 1. The van der Waals surface area contributed by atoms with Gasteiger partial charge in [0.1, 0.15) is 15.9 Å². The summed E-state index contributed by atoms with van der Waals surface area (Å²) in [6.07, 6.45) is 2.31. The van der Waals surface area contributed by atoms with Crippen molar-refractivity contribution in [2.45, 2.75) is 33.4 Å². The van der Waals surface area contributed by atoms with Crippen molar-refractivity contribution in [3.05, 3.63) is 32.2 Å². The van der Waals surface area contributed by atoms with Gasteiger partial charge in [0.15, 0.2) is 0 Å². The molecule has 2 rings (SSSR count). The molecule has 1 N–H and O–H groups in total. The highest BCUT2D eigenvalue weighted by Gasteiger charge is 2.16. The average molecular weight is 409 g/mol. The molecule has 2 heterocycles. The molecule has 0 aliphatic carbocycles. The van der Waals surface area contributed by atoms with Crippen LogP contribution < -0.4 is 5.32 Å². The van der Waals surface area contributed by atoms with Gasteiger partial charge in [-0.25, -0.2) is 0 Å². The van der Waals surface area contributed by atoms with Crippen molar-refractivity contribution in [2.75, 3.05) is 6.54 Å². The molecule has 2 aromatic rings. The number of nitrogens with one attached hydrogen (secondary N) is 1. The van der Waals surface area contributed by atoms with Gasteiger partial charge in [0.2, 0.25) is 0 Å². The molecule has 2 aromatic heterocycles. The molecule has 9 heteroatoms. The van der Waals surface area contributed by atoms with Crippen LogP contribution in [-0.2, 0) is 13.1 Å². The molecule has 6 nitrogen and oxygen atoms in total. The zero-order chi connectivity index (χ0) is 16.3. The monoisotopic (exact) mass is 407 g/mol. The minimum atomic E-state index is -0.160. The van der Waals surface area contributed by atoms with Crippen LogP contribution in [0.1, 0.15) is 29.5 Å². The first-order valence-corrected chi connectivity index (χ1v) is 8.38. The summed E-state index contributed by atoms with van der Waals surface area (Å²) in [6, 6.07) is 0. The first kappa shape index (κ1) is 17.3. The maximum absolute atomic E-state index is 12.2. The summed E-state index contributed by atoms with van der Waals surface area (Å²) < 4.78 is 3.97. The number of hydrogen-bond acceptors (Lipinski definition) is 3. The van der Waals surface area contributed by atoms with Crippen molar-refractivity contribution in [3.63, 3.8) is 0 Å². The van der Waals surface area contributed by atoms with Gasteiger partial charge < -0.3 is 5.32 Å². The molecular formula is C13H16BrCl2N5O. The van der Waals surface area contributed by atoms with Crippen molar-refractivity contribution >= 4 is 45.0 Å². The highest BCUT2D eigenvalue weighted by molar-refractivity contribution is 9.10. The van der Waals surface area contributed by atoms with Gasteiger partial charge >= 0.3 is 0 Å². The van der Waals surface area contributed by atoms with E-state index in [1.165, 1.54) is 0 Å². The third-order valence-electron chi connectivity index (χ3n) is 3.14. The van der Waals surface area contributed by atoms with Crippen LogP contribution in [0.5, 0.6) is 0 Å². The van der Waals surface area contributed by atoms with E-state index in [0.29, 0.717) is 52.1 Å². The van der Waals surface area contributed by atoms with Gasteiger partial charge in [-0.2, -0.15) is 10.2 Å². The standard InChI is InChI=1S/C13H16BrCl2N5O/c1-3-20-11(9(14)7-18-20)13(22)17-5-4-6-21-12(16)10(15)8(2)19-21/h7H,3-6H2,1-2H3,(H,17,22). The molecule has 0 aromatic carbocycles. The van der Waals surface area contributed by atoms with E-state index in [4.69, 9.17) is 23.2 Å². The topological polar surface area (TPSA) is 64.7 Å². The van der Waals surface area contributed by atoms with Crippen LogP contribution in [-0.4, -0.2) is 32.0 Å². The Morgan fingerprint density at radius 1 is 1.41 bits per heavy atom. The number of aryl methyl sites for hydroxylation is 3. The molecule has 0 bridgehead atoms. The maximum atomic E-state index is 12.2. The third-order valence-corrected chi connectivity index (χ3v) is 4.65. The van der Waals surface area contributed by atoms with Gasteiger partial charge in [-0.15, -0.1) is 0 Å². The Morgan fingerprint density at radius 3 is 2.73 bits per heavy atom. The first-order chi connectivity index (χ1) is 10.5. The average Bonchev–Trinajstić information content (AvgIpc) is 2.99. The second-order valence-electron chi connectivity index (χ2n) is 4.68. The van der Waals surface area contributed by atoms with E-state index in [1.807, 2.05) is 6.92 Å². The Morgan fingerprint density at radius 2 is 2.14 bits per heavy atom. The summed E-state index contributed by atoms with van der Waals surface area (Å²) >= 11 is 15.4. The highest BCUT2D eigenvalue weighted by atomic mass is 79.9. The summed E-state index contributed by atoms with van der Waals surface area (Å²) in [7, 11) is 0. The summed E-state index contributed by atoms with van der Waals surface area (Å²) in [6.45, 7) is 5.46. The summed E-state index contributed by atoms with van der Waals surface area (Å²) in [4.78, 5) is 12.2. The second-order valence-corrected chi connectivity index (χ2v) is 6.27. The number of hydrogen-bond donors (Lipinski definition) is 1. The van der Waals surface area contributed by atoms with E-state index in [2.05, 4.69) is 31.4 Å². The van der Waals surface area contributed by atoms with Crippen LogP contribution in [0.4, 0.5) is 0 Å². The number of halogens is 3. The molecule has 0 fully saturated rings. The fourth-order valence-corrected chi connectivity index (χ4v) is 2.89. The van der Waals surface area contributed by atoms with Crippen LogP contribution >= 0.6 is 39.1 Å². The fourth-order valence-electron chi connectivity index (χ4n) is 2.02. The van der Waals surface area contributed by atoms with Crippen LogP contribution in [0.2, 0.25) is 10.2 Å². The number of nitrogens with zero attached hydrogens (tertiary/aromatic N) is 4. The number of amides is 1. The predicted octanol–water partition coefficient (Wildman–Crippen LogP) is 3.30. The van der Waals surface area contributed by atoms with Crippen LogP contribution in [0.3, 0.4) is 0 Å². The molecule has 0 aliphatic rings. The molecule has 0 spiro atoms. The van der Waals surface area contributed by atoms with Crippen molar-refractivity contribution in [3.8, 4) is 0 Å². The van der Waals surface area contributed by atoms with Gasteiger partial charge in [-0.1, -0.05) is 23.2 Å². The minimum Gasteiger partial charge on any atom is -0.351 e. The van der Waals surface area contributed by atoms with Crippen LogP contribution in [0.15, 0.2) is 10.7 Å². The summed E-state index contributed by atoms with van der Waals surface area (Å²) in [5, 5.41) is 12.1. The quantitative estimate of drug-likeness (QED) is 0.745. The number of aromatic nitrogens is 4. The van der Waals surface area contributed by atoms with Crippen molar-refractivity contribution in [1.29, 1.82) is 0 Å². The van der Waals surface area contributed by atoms with Crippen LogP contribution in [0, 0.1) is 6.92 Å². The van der Waals surface area contributed by atoms with Gasteiger partial charge in [0.05, 0.1) is 16.4 Å². The van der Waals surface area contributed by atoms with Crippen LogP contribution in [0.25, 0.3) is 0 Å². The van der Waals surface area contributed by atoms with Crippen molar-refractivity contribution in [1.82, 2.24) is 24.9 Å². The Balaban J connectivity index is 1.87. The molecule has 0 atom stereocenters. The minimum absolute atomic E-state index is 0.160. The van der Waals surface area contributed by atoms with E-state index in [9.17, 15) is 4.79 Å². The van der Waals surface area contributed by atoms with E-state index in [1.54, 1.807) is 22.5 Å². The summed E-state index contributed by atoms with van der Waals surface area (Å²) in [5.41, 5.74) is 1.23. The number of rotatable bonds is 6. The van der Waals surface area contributed by atoms with E-state index in [-0.39, 0.29) is 5.91 Å². The Labute approximate surface area is 146 Å². The molecule has 0 radical (unpaired) electrons. The Hall–Kier alpha value is -1.05. The molecular weight excluding hydrogens is 393 g/mol. The van der Waals surface area contributed by atoms with Gasteiger partial charge in [-0.05, 0) is 36.2 Å². The Kier molecular flexibility index (Phi) is 5.88. The lowest BCUT2D eigenvalue weighted by atomic mass is 10.3. The van der Waals surface area contributed by atoms with Gasteiger partial charge in [-0.3, -0.25) is 14.2 Å². The lowest BCUT2D eigenvalue weighted by Crippen LogP contribution is -2.28. The number of carbonyl (C=O) groups excluding carboxylic acids is 1. The Bertz CT molecular complexity index is 682. The van der Waals surface area contributed by atoms with Crippen molar-refractivity contribution < 1.29 is 4.79 Å². The fraction of sp³-hybridized carbons (Fsp3) is 0.462.